The van der Waals surface area contributed by atoms with Crippen molar-refractivity contribution in [1.82, 2.24) is 4.67 Å². The number of rotatable bonds is 7. The van der Waals surface area contributed by atoms with Crippen molar-refractivity contribution >= 4 is 18.8 Å². The minimum Gasteiger partial charge on any atom is -0.465 e. The number of benzene rings is 1. The van der Waals surface area contributed by atoms with E-state index >= 15 is 0 Å². The molecule has 2 unspecified atom stereocenters. The van der Waals surface area contributed by atoms with Crippen LogP contribution in [0.3, 0.4) is 0 Å². The molecule has 0 amide bonds. The summed E-state index contributed by atoms with van der Waals surface area (Å²) in [5.41, 5.74) is 0. The molecule has 0 bridgehead atoms. The molecule has 134 valence electrons. The van der Waals surface area contributed by atoms with Crippen LogP contribution in [0.4, 0.5) is 0 Å². The molecular weight excluding hydrogens is 325 g/mol. The number of carbonyl (C=O) groups is 1. The van der Waals surface area contributed by atoms with Crippen LogP contribution in [-0.4, -0.2) is 36.4 Å². The normalized spacial score (nSPS) is 23.4. The molecule has 0 aromatic heterocycles. The van der Waals surface area contributed by atoms with E-state index in [2.05, 4.69) is 6.92 Å². The van der Waals surface area contributed by atoms with Crippen LogP contribution in [0.1, 0.15) is 46.0 Å². The second-order valence-electron chi connectivity index (χ2n) is 5.97. The van der Waals surface area contributed by atoms with E-state index in [0.717, 1.165) is 25.7 Å². The van der Waals surface area contributed by atoms with Gasteiger partial charge in [-0.3, -0.25) is 9.36 Å². The highest BCUT2D eigenvalue weighted by Crippen LogP contribution is 2.53. The van der Waals surface area contributed by atoms with Crippen molar-refractivity contribution in [2.75, 3.05) is 19.8 Å². The van der Waals surface area contributed by atoms with Gasteiger partial charge in [0.15, 0.2) is 0 Å². The van der Waals surface area contributed by atoms with Crippen molar-refractivity contribution < 1.29 is 18.6 Å². The summed E-state index contributed by atoms with van der Waals surface area (Å²) < 4.78 is 26.7. The van der Waals surface area contributed by atoms with E-state index in [0.29, 0.717) is 31.5 Å². The minimum atomic E-state index is -3.26. The fraction of sp³-hybridized carbons (Fsp3) is 0.611. The predicted molar refractivity (Wildman–Crippen MR) is 95.5 cm³/mol. The number of esters is 1. The lowest BCUT2D eigenvalue weighted by Gasteiger charge is -2.34. The molecule has 0 N–H and O–H groups in total. The second-order valence-corrected chi connectivity index (χ2v) is 8.30. The first-order chi connectivity index (χ1) is 11.6. The summed E-state index contributed by atoms with van der Waals surface area (Å²) in [6, 6.07) is 8.72. The zero-order valence-electron chi connectivity index (χ0n) is 14.6. The predicted octanol–water partition coefficient (Wildman–Crippen LogP) is 3.74. The highest BCUT2D eigenvalue weighted by atomic mass is 31.2. The first kappa shape index (κ1) is 19.2. The highest BCUT2D eigenvalue weighted by molar-refractivity contribution is 7.64. The van der Waals surface area contributed by atoms with Gasteiger partial charge in [0.1, 0.15) is 6.04 Å². The maximum atomic E-state index is 13.8. The fourth-order valence-electron chi connectivity index (χ4n) is 2.97. The smallest absolute Gasteiger partial charge is 0.323 e. The lowest BCUT2D eigenvalue weighted by Crippen LogP contribution is -2.42. The monoisotopic (exact) mass is 353 g/mol. The van der Waals surface area contributed by atoms with Crippen LogP contribution in [0.5, 0.6) is 0 Å². The lowest BCUT2D eigenvalue weighted by atomic mass is 10.1. The van der Waals surface area contributed by atoms with Gasteiger partial charge in [0.05, 0.1) is 18.5 Å². The number of ether oxygens (including phenoxy) is 1. The molecule has 1 aromatic rings. The summed E-state index contributed by atoms with van der Waals surface area (Å²) in [5, 5.41) is 0.651. The molecule has 0 saturated carbocycles. The Morgan fingerprint density at radius 1 is 1.29 bits per heavy atom. The van der Waals surface area contributed by atoms with Gasteiger partial charge in [0, 0.05) is 6.54 Å². The minimum absolute atomic E-state index is 0.299. The van der Waals surface area contributed by atoms with Gasteiger partial charge in [-0.2, -0.15) is 0 Å². The molecule has 0 aliphatic carbocycles. The third-order valence-corrected chi connectivity index (χ3v) is 6.86. The molecule has 1 aliphatic heterocycles. The zero-order valence-corrected chi connectivity index (χ0v) is 15.5. The van der Waals surface area contributed by atoms with E-state index < -0.39 is 13.6 Å². The van der Waals surface area contributed by atoms with E-state index in [1.807, 2.05) is 30.3 Å². The molecular formula is C18H28NO4P. The largest absolute Gasteiger partial charge is 0.465 e. The van der Waals surface area contributed by atoms with Crippen LogP contribution in [0.2, 0.25) is 0 Å². The van der Waals surface area contributed by atoms with Gasteiger partial charge in [-0.15, -0.1) is 0 Å². The Balaban J connectivity index is 2.38. The highest BCUT2D eigenvalue weighted by Gasteiger charge is 2.42. The van der Waals surface area contributed by atoms with Crippen LogP contribution in [-0.2, 0) is 18.6 Å². The van der Waals surface area contributed by atoms with E-state index in [1.54, 1.807) is 11.6 Å². The quantitative estimate of drug-likeness (QED) is 0.552. The SMILES string of the molecule is CCCCC(C(=O)OCC)N1CCCCOP1(=O)c1ccccc1. The van der Waals surface area contributed by atoms with Crippen LogP contribution in [0.25, 0.3) is 0 Å². The Morgan fingerprint density at radius 3 is 2.71 bits per heavy atom. The fourth-order valence-corrected chi connectivity index (χ4v) is 5.47. The van der Waals surface area contributed by atoms with Crippen molar-refractivity contribution in [2.45, 2.75) is 52.0 Å². The van der Waals surface area contributed by atoms with E-state index in [4.69, 9.17) is 9.26 Å². The van der Waals surface area contributed by atoms with Crippen LogP contribution in [0, 0.1) is 0 Å². The number of nitrogens with zero attached hydrogens (tertiary/aromatic N) is 1. The summed E-state index contributed by atoms with van der Waals surface area (Å²) >= 11 is 0. The van der Waals surface area contributed by atoms with Crippen molar-refractivity contribution in [3.63, 3.8) is 0 Å². The Kier molecular flexibility index (Phi) is 7.47. The van der Waals surface area contributed by atoms with Gasteiger partial charge in [-0.25, -0.2) is 4.67 Å². The van der Waals surface area contributed by atoms with Crippen LogP contribution < -0.4 is 5.30 Å². The number of hydrogen-bond donors (Lipinski definition) is 0. The first-order valence-corrected chi connectivity index (χ1v) is 10.4. The maximum Gasteiger partial charge on any atom is 0.323 e. The summed E-state index contributed by atoms with van der Waals surface area (Å²) in [6.45, 7) is 5.24. The summed E-state index contributed by atoms with van der Waals surface area (Å²) in [4.78, 5) is 12.5. The maximum absolute atomic E-state index is 13.8. The Morgan fingerprint density at radius 2 is 2.04 bits per heavy atom. The van der Waals surface area contributed by atoms with E-state index in [1.165, 1.54) is 0 Å². The van der Waals surface area contributed by atoms with Crippen molar-refractivity contribution in [3.8, 4) is 0 Å². The third kappa shape index (κ3) is 4.47. The summed E-state index contributed by atoms with van der Waals surface area (Å²) in [5.74, 6) is -0.299. The molecule has 2 atom stereocenters. The standard InChI is InChI=1S/C18H28NO4P/c1-3-5-13-17(18(20)22-4-2)19-14-9-10-15-23-24(19,21)16-11-7-6-8-12-16/h6-8,11-12,17H,3-5,9-10,13-15H2,1-2H3. The van der Waals surface area contributed by atoms with Crippen LogP contribution >= 0.6 is 7.52 Å². The molecule has 6 heteroatoms. The van der Waals surface area contributed by atoms with Gasteiger partial charge in [0.25, 0.3) is 0 Å². The van der Waals surface area contributed by atoms with E-state index in [9.17, 15) is 9.36 Å². The Hall–Kier alpha value is -1.16. The molecule has 24 heavy (non-hydrogen) atoms. The van der Waals surface area contributed by atoms with Gasteiger partial charge in [-0.1, -0.05) is 38.0 Å². The summed E-state index contributed by atoms with van der Waals surface area (Å²) in [7, 11) is -3.26. The molecule has 0 radical (unpaired) electrons. The molecule has 1 fully saturated rings. The zero-order chi connectivity index (χ0) is 17.4. The topological polar surface area (TPSA) is 55.8 Å². The van der Waals surface area contributed by atoms with Gasteiger partial charge in [0.2, 0.25) is 0 Å². The Bertz CT molecular complexity index is 563. The number of unbranched alkanes of at least 4 members (excludes halogenated alkanes) is 1. The number of hydrogen-bond acceptors (Lipinski definition) is 4. The molecule has 2 rings (SSSR count). The molecule has 1 saturated heterocycles. The third-order valence-electron chi connectivity index (χ3n) is 4.22. The van der Waals surface area contributed by atoms with Gasteiger partial charge >= 0.3 is 13.5 Å². The van der Waals surface area contributed by atoms with Crippen molar-refractivity contribution in [1.29, 1.82) is 0 Å². The average Bonchev–Trinajstić information content (AvgIpc) is 2.79. The lowest BCUT2D eigenvalue weighted by molar-refractivity contribution is -0.148. The molecule has 0 spiro atoms. The second kappa shape index (κ2) is 9.36. The molecule has 1 heterocycles. The first-order valence-electron chi connectivity index (χ1n) is 8.87. The van der Waals surface area contributed by atoms with Crippen molar-refractivity contribution in [2.24, 2.45) is 0 Å². The van der Waals surface area contributed by atoms with Gasteiger partial charge < -0.3 is 9.26 Å². The van der Waals surface area contributed by atoms with Crippen LogP contribution in [0.15, 0.2) is 30.3 Å². The van der Waals surface area contributed by atoms with Gasteiger partial charge in [-0.05, 0) is 38.3 Å². The number of carbonyl (C=O) groups excluding carboxylic acids is 1. The molecule has 1 aliphatic rings. The summed E-state index contributed by atoms with van der Waals surface area (Å²) in [6.07, 6.45) is 4.19. The average molecular weight is 353 g/mol. The molecule has 1 aromatic carbocycles. The Labute approximate surface area is 144 Å². The van der Waals surface area contributed by atoms with Crippen molar-refractivity contribution in [3.05, 3.63) is 30.3 Å². The van der Waals surface area contributed by atoms with E-state index in [-0.39, 0.29) is 5.97 Å². The molecule has 5 nitrogen and oxygen atoms in total.